The SMILES string of the molecule is O=C(O)C1CNCCN1C(=O)N1CCCC1. The highest BCUT2D eigenvalue weighted by Crippen LogP contribution is 2.13. The summed E-state index contributed by atoms with van der Waals surface area (Å²) in [5.74, 6) is -0.931. The van der Waals surface area contributed by atoms with Gasteiger partial charge in [0.1, 0.15) is 6.04 Å². The molecule has 2 fully saturated rings. The Morgan fingerprint density at radius 1 is 1.19 bits per heavy atom. The minimum absolute atomic E-state index is 0.119. The Hall–Kier alpha value is -1.30. The molecule has 2 heterocycles. The minimum atomic E-state index is -0.931. The summed E-state index contributed by atoms with van der Waals surface area (Å²) in [4.78, 5) is 26.3. The van der Waals surface area contributed by atoms with E-state index in [0.717, 1.165) is 25.9 Å². The molecule has 0 bridgehead atoms. The zero-order valence-corrected chi connectivity index (χ0v) is 9.19. The fourth-order valence-electron chi connectivity index (χ4n) is 2.24. The highest BCUT2D eigenvalue weighted by Gasteiger charge is 2.34. The van der Waals surface area contributed by atoms with Crippen LogP contribution in [0.15, 0.2) is 0 Å². The van der Waals surface area contributed by atoms with E-state index in [4.69, 9.17) is 5.11 Å². The van der Waals surface area contributed by atoms with Gasteiger partial charge in [-0.15, -0.1) is 0 Å². The van der Waals surface area contributed by atoms with Crippen molar-refractivity contribution in [1.82, 2.24) is 15.1 Å². The van der Waals surface area contributed by atoms with Crippen molar-refractivity contribution < 1.29 is 14.7 Å². The van der Waals surface area contributed by atoms with Crippen molar-refractivity contribution in [2.75, 3.05) is 32.7 Å². The Kier molecular flexibility index (Phi) is 3.28. The third-order valence-corrected chi connectivity index (χ3v) is 3.15. The number of nitrogens with one attached hydrogen (secondary N) is 1. The highest BCUT2D eigenvalue weighted by atomic mass is 16.4. The second-order valence-electron chi connectivity index (χ2n) is 4.23. The van der Waals surface area contributed by atoms with Gasteiger partial charge in [-0.2, -0.15) is 0 Å². The Balaban J connectivity index is 2.04. The zero-order valence-electron chi connectivity index (χ0n) is 9.19. The van der Waals surface area contributed by atoms with Crippen LogP contribution in [0.4, 0.5) is 4.79 Å². The van der Waals surface area contributed by atoms with Crippen molar-refractivity contribution in [3.8, 4) is 0 Å². The molecule has 90 valence electrons. The van der Waals surface area contributed by atoms with Gasteiger partial charge in [-0.3, -0.25) is 0 Å². The van der Waals surface area contributed by atoms with E-state index in [1.807, 2.05) is 0 Å². The van der Waals surface area contributed by atoms with E-state index in [1.165, 1.54) is 4.90 Å². The number of carboxylic acids is 1. The standard InChI is InChI=1S/C10H17N3O3/c14-9(15)8-7-11-3-6-13(8)10(16)12-4-1-2-5-12/h8,11H,1-7H2,(H,14,15). The second-order valence-corrected chi connectivity index (χ2v) is 4.23. The Bertz CT molecular complexity index is 289. The number of aliphatic carboxylic acids is 1. The quantitative estimate of drug-likeness (QED) is 0.637. The summed E-state index contributed by atoms with van der Waals surface area (Å²) in [5.41, 5.74) is 0. The maximum absolute atomic E-state index is 12.1. The van der Waals surface area contributed by atoms with Crippen LogP contribution in [-0.2, 0) is 4.79 Å². The number of hydrogen-bond acceptors (Lipinski definition) is 3. The number of amides is 2. The number of urea groups is 1. The van der Waals surface area contributed by atoms with Gasteiger partial charge >= 0.3 is 12.0 Å². The molecule has 0 aromatic rings. The third kappa shape index (κ3) is 2.11. The summed E-state index contributed by atoms with van der Waals surface area (Å²) < 4.78 is 0. The molecule has 0 saturated carbocycles. The summed E-state index contributed by atoms with van der Waals surface area (Å²) in [5, 5.41) is 12.0. The molecule has 0 spiro atoms. The van der Waals surface area contributed by atoms with E-state index in [2.05, 4.69) is 5.32 Å². The number of carboxylic acid groups (broad SMARTS) is 1. The number of likely N-dealkylation sites (tertiary alicyclic amines) is 1. The number of nitrogens with zero attached hydrogens (tertiary/aromatic N) is 2. The summed E-state index contributed by atoms with van der Waals surface area (Å²) in [6, 6.07) is -0.840. The molecule has 0 aliphatic carbocycles. The van der Waals surface area contributed by atoms with Crippen LogP contribution in [0.3, 0.4) is 0 Å². The number of carbonyl (C=O) groups excluding carboxylic acids is 1. The molecule has 0 aromatic heterocycles. The summed E-state index contributed by atoms with van der Waals surface area (Å²) in [7, 11) is 0. The average molecular weight is 227 g/mol. The van der Waals surface area contributed by atoms with E-state index in [1.54, 1.807) is 4.90 Å². The van der Waals surface area contributed by atoms with Gasteiger partial charge < -0.3 is 20.2 Å². The predicted molar refractivity (Wildman–Crippen MR) is 57.2 cm³/mol. The Labute approximate surface area is 94.2 Å². The molecule has 2 N–H and O–H groups in total. The monoisotopic (exact) mass is 227 g/mol. The van der Waals surface area contributed by atoms with Crippen LogP contribution in [0.1, 0.15) is 12.8 Å². The highest BCUT2D eigenvalue weighted by molar-refractivity contribution is 5.83. The molecule has 2 aliphatic heterocycles. The Morgan fingerprint density at radius 2 is 1.88 bits per heavy atom. The largest absolute Gasteiger partial charge is 0.480 e. The molecule has 6 nitrogen and oxygen atoms in total. The van der Waals surface area contributed by atoms with Crippen molar-refractivity contribution in [2.45, 2.75) is 18.9 Å². The first-order valence-corrected chi connectivity index (χ1v) is 5.69. The van der Waals surface area contributed by atoms with Crippen LogP contribution >= 0.6 is 0 Å². The van der Waals surface area contributed by atoms with E-state index < -0.39 is 12.0 Å². The van der Waals surface area contributed by atoms with Crippen molar-refractivity contribution in [3.63, 3.8) is 0 Å². The smallest absolute Gasteiger partial charge is 0.327 e. The van der Waals surface area contributed by atoms with Gasteiger partial charge in [-0.25, -0.2) is 9.59 Å². The molecular weight excluding hydrogens is 210 g/mol. The lowest BCUT2D eigenvalue weighted by molar-refractivity contribution is -0.142. The number of rotatable bonds is 1. The molecular formula is C10H17N3O3. The molecule has 2 amide bonds. The molecule has 1 atom stereocenters. The summed E-state index contributed by atoms with van der Waals surface area (Å²) >= 11 is 0. The maximum atomic E-state index is 12.1. The molecule has 2 aliphatic rings. The molecule has 2 saturated heterocycles. The molecule has 2 rings (SSSR count). The van der Waals surface area contributed by atoms with Crippen LogP contribution in [0.5, 0.6) is 0 Å². The molecule has 16 heavy (non-hydrogen) atoms. The first-order valence-electron chi connectivity index (χ1n) is 5.69. The topological polar surface area (TPSA) is 72.9 Å². The maximum Gasteiger partial charge on any atom is 0.327 e. The van der Waals surface area contributed by atoms with Crippen molar-refractivity contribution in [1.29, 1.82) is 0 Å². The molecule has 1 unspecified atom stereocenters. The zero-order chi connectivity index (χ0) is 11.5. The predicted octanol–water partition coefficient (Wildman–Crippen LogP) is -0.439. The van der Waals surface area contributed by atoms with E-state index >= 15 is 0 Å². The fraction of sp³-hybridized carbons (Fsp3) is 0.800. The lowest BCUT2D eigenvalue weighted by Crippen LogP contribution is -2.59. The van der Waals surface area contributed by atoms with Crippen molar-refractivity contribution >= 4 is 12.0 Å². The lowest BCUT2D eigenvalue weighted by Gasteiger charge is -2.36. The van der Waals surface area contributed by atoms with Gasteiger partial charge in [0.25, 0.3) is 0 Å². The lowest BCUT2D eigenvalue weighted by atomic mass is 10.2. The summed E-state index contributed by atoms with van der Waals surface area (Å²) in [6.45, 7) is 3.01. The van der Waals surface area contributed by atoms with Gasteiger partial charge in [0.05, 0.1) is 0 Å². The van der Waals surface area contributed by atoms with Crippen LogP contribution < -0.4 is 5.32 Å². The first-order chi connectivity index (χ1) is 7.70. The van der Waals surface area contributed by atoms with Crippen molar-refractivity contribution in [2.24, 2.45) is 0 Å². The number of piperazine rings is 1. The number of carbonyl (C=O) groups is 2. The third-order valence-electron chi connectivity index (χ3n) is 3.15. The van der Waals surface area contributed by atoms with Crippen molar-refractivity contribution in [3.05, 3.63) is 0 Å². The molecule has 0 radical (unpaired) electrons. The minimum Gasteiger partial charge on any atom is -0.480 e. The fourth-order valence-corrected chi connectivity index (χ4v) is 2.24. The van der Waals surface area contributed by atoms with Crippen LogP contribution in [0.25, 0.3) is 0 Å². The van der Waals surface area contributed by atoms with Gasteiger partial charge in [-0.1, -0.05) is 0 Å². The van der Waals surface area contributed by atoms with Crippen LogP contribution in [0, 0.1) is 0 Å². The van der Waals surface area contributed by atoms with Crippen LogP contribution in [-0.4, -0.2) is 65.7 Å². The van der Waals surface area contributed by atoms with Gasteiger partial charge in [0.15, 0.2) is 0 Å². The average Bonchev–Trinajstić information content (AvgIpc) is 2.81. The van der Waals surface area contributed by atoms with E-state index in [0.29, 0.717) is 19.6 Å². The molecule has 0 aromatic carbocycles. The van der Waals surface area contributed by atoms with E-state index in [9.17, 15) is 9.59 Å². The van der Waals surface area contributed by atoms with Gasteiger partial charge in [-0.05, 0) is 12.8 Å². The number of hydrogen-bond donors (Lipinski definition) is 2. The van der Waals surface area contributed by atoms with E-state index in [-0.39, 0.29) is 6.03 Å². The van der Waals surface area contributed by atoms with Gasteiger partial charge in [0.2, 0.25) is 0 Å². The Morgan fingerprint density at radius 3 is 2.50 bits per heavy atom. The van der Waals surface area contributed by atoms with Gasteiger partial charge in [0, 0.05) is 32.7 Å². The molecule has 6 heteroatoms. The second kappa shape index (κ2) is 4.69. The normalized spacial score (nSPS) is 25.9. The first kappa shape index (κ1) is 11.2. The summed E-state index contributed by atoms with van der Waals surface area (Å²) in [6.07, 6.45) is 2.05. The van der Waals surface area contributed by atoms with Crippen LogP contribution in [0.2, 0.25) is 0 Å².